The third-order valence-corrected chi connectivity index (χ3v) is 6.83. The van der Waals surface area contributed by atoms with Crippen molar-refractivity contribution in [3.63, 3.8) is 0 Å². The predicted octanol–water partition coefficient (Wildman–Crippen LogP) is 3.65. The molecule has 0 aliphatic rings. The fourth-order valence-corrected chi connectivity index (χ4v) is 5.16. The number of sulfonamides is 1. The lowest BCUT2D eigenvalue weighted by Gasteiger charge is -2.20. The van der Waals surface area contributed by atoms with Crippen molar-refractivity contribution in [1.29, 1.82) is 0 Å². The molecule has 0 unspecified atom stereocenters. The standard InChI is InChI=1S/C16H12N4O3S3/c21-26(22,13-4-2-1-3-5-13)20(16-17-7-9-25-16)10-14-18-15(23-19-14)12-6-8-24-11-12/h1-9,11H,10H2. The summed E-state index contributed by atoms with van der Waals surface area (Å²) in [6, 6.07) is 10.1. The molecule has 0 aliphatic heterocycles. The van der Waals surface area contributed by atoms with E-state index in [1.165, 1.54) is 27.0 Å². The minimum Gasteiger partial charge on any atom is -0.334 e. The SMILES string of the molecule is O=S(=O)(c1ccccc1)N(Cc1noc(-c2ccsc2)n1)c1nccs1. The maximum absolute atomic E-state index is 13.1. The van der Waals surface area contributed by atoms with E-state index in [9.17, 15) is 8.42 Å². The molecule has 0 radical (unpaired) electrons. The van der Waals surface area contributed by atoms with Crippen LogP contribution in [0.4, 0.5) is 5.13 Å². The van der Waals surface area contributed by atoms with Crippen molar-refractivity contribution in [2.45, 2.75) is 11.4 Å². The molecule has 0 atom stereocenters. The number of aromatic nitrogens is 3. The molecule has 10 heteroatoms. The molecule has 4 rings (SSSR count). The highest BCUT2D eigenvalue weighted by Crippen LogP contribution is 2.28. The average molecular weight is 404 g/mol. The molecule has 4 aromatic rings. The Morgan fingerprint density at radius 1 is 1.12 bits per heavy atom. The summed E-state index contributed by atoms with van der Waals surface area (Å²) < 4.78 is 32.6. The number of rotatable bonds is 6. The second-order valence-electron chi connectivity index (χ2n) is 5.17. The van der Waals surface area contributed by atoms with Gasteiger partial charge in [-0.25, -0.2) is 17.7 Å². The van der Waals surface area contributed by atoms with Crippen LogP contribution in [-0.2, 0) is 16.6 Å². The second-order valence-corrected chi connectivity index (χ2v) is 8.68. The first-order chi connectivity index (χ1) is 12.6. The number of hydrogen-bond acceptors (Lipinski definition) is 8. The number of anilines is 1. The number of thiophene rings is 1. The van der Waals surface area contributed by atoms with Crippen LogP contribution in [-0.4, -0.2) is 23.5 Å². The van der Waals surface area contributed by atoms with Crippen molar-refractivity contribution in [2.24, 2.45) is 0 Å². The highest BCUT2D eigenvalue weighted by molar-refractivity contribution is 7.93. The van der Waals surface area contributed by atoms with Crippen LogP contribution in [0.5, 0.6) is 0 Å². The van der Waals surface area contributed by atoms with Crippen LogP contribution in [0.2, 0.25) is 0 Å². The molecule has 7 nitrogen and oxygen atoms in total. The number of benzene rings is 1. The number of thiazole rings is 1. The van der Waals surface area contributed by atoms with E-state index in [0.717, 1.165) is 5.56 Å². The van der Waals surface area contributed by atoms with E-state index in [2.05, 4.69) is 15.1 Å². The van der Waals surface area contributed by atoms with Gasteiger partial charge >= 0.3 is 0 Å². The van der Waals surface area contributed by atoms with Gasteiger partial charge in [0.25, 0.3) is 15.9 Å². The van der Waals surface area contributed by atoms with Crippen molar-refractivity contribution in [2.75, 3.05) is 4.31 Å². The van der Waals surface area contributed by atoms with Crippen molar-refractivity contribution in [3.8, 4) is 11.5 Å². The molecule has 0 amide bonds. The fraction of sp³-hybridized carbons (Fsp3) is 0.0625. The molecule has 0 fully saturated rings. The molecular formula is C16H12N4O3S3. The molecule has 26 heavy (non-hydrogen) atoms. The van der Waals surface area contributed by atoms with Crippen LogP contribution in [0.3, 0.4) is 0 Å². The van der Waals surface area contributed by atoms with Gasteiger partial charge in [-0.15, -0.1) is 11.3 Å². The molecule has 0 aliphatic carbocycles. The van der Waals surface area contributed by atoms with Crippen LogP contribution >= 0.6 is 22.7 Å². The highest BCUT2D eigenvalue weighted by atomic mass is 32.2. The van der Waals surface area contributed by atoms with Gasteiger partial charge < -0.3 is 4.52 Å². The molecule has 3 heterocycles. The Kier molecular flexibility index (Phi) is 4.53. The highest BCUT2D eigenvalue weighted by Gasteiger charge is 2.28. The maximum Gasteiger partial charge on any atom is 0.266 e. The number of nitrogens with zero attached hydrogens (tertiary/aromatic N) is 4. The Labute approximate surface area is 157 Å². The topological polar surface area (TPSA) is 89.2 Å². The fourth-order valence-electron chi connectivity index (χ4n) is 2.26. The summed E-state index contributed by atoms with van der Waals surface area (Å²) in [6.45, 7) is -0.0711. The van der Waals surface area contributed by atoms with Crippen LogP contribution in [0.25, 0.3) is 11.5 Å². The third-order valence-electron chi connectivity index (χ3n) is 3.49. The van der Waals surface area contributed by atoms with Crippen LogP contribution in [0.1, 0.15) is 5.82 Å². The van der Waals surface area contributed by atoms with Crippen molar-refractivity contribution in [3.05, 3.63) is 64.6 Å². The zero-order valence-corrected chi connectivity index (χ0v) is 15.7. The molecule has 3 aromatic heterocycles. The van der Waals surface area contributed by atoms with Gasteiger partial charge in [-0.1, -0.05) is 23.4 Å². The molecule has 132 valence electrons. The zero-order valence-electron chi connectivity index (χ0n) is 13.2. The monoisotopic (exact) mass is 404 g/mol. The minimum absolute atomic E-state index is 0.0711. The van der Waals surface area contributed by atoms with E-state index in [1.54, 1.807) is 41.9 Å². The van der Waals surface area contributed by atoms with Gasteiger partial charge in [0, 0.05) is 17.0 Å². The van der Waals surface area contributed by atoms with Gasteiger partial charge in [0.15, 0.2) is 11.0 Å². The van der Waals surface area contributed by atoms with Crippen LogP contribution in [0.15, 0.2) is 68.2 Å². The average Bonchev–Trinajstić information content (AvgIpc) is 3.42. The zero-order chi connectivity index (χ0) is 18.0. The molecular weight excluding hydrogens is 392 g/mol. The third kappa shape index (κ3) is 3.26. The Balaban J connectivity index is 1.69. The van der Waals surface area contributed by atoms with E-state index < -0.39 is 10.0 Å². The molecule has 1 aromatic carbocycles. The van der Waals surface area contributed by atoms with Crippen molar-refractivity contribution in [1.82, 2.24) is 15.1 Å². The lowest BCUT2D eigenvalue weighted by atomic mass is 10.3. The van der Waals surface area contributed by atoms with Crippen molar-refractivity contribution >= 4 is 37.8 Å². The number of hydrogen-bond donors (Lipinski definition) is 0. The Morgan fingerprint density at radius 3 is 2.65 bits per heavy atom. The summed E-state index contributed by atoms with van der Waals surface area (Å²) in [4.78, 5) is 8.63. The predicted molar refractivity (Wildman–Crippen MR) is 99.5 cm³/mol. The largest absolute Gasteiger partial charge is 0.334 e. The summed E-state index contributed by atoms with van der Waals surface area (Å²) in [5.41, 5.74) is 0.806. The molecule has 0 N–H and O–H groups in total. The van der Waals surface area contributed by atoms with Gasteiger partial charge in [0.05, 0.1) is 10.5 Å². The minimum atomic E-state index is -3.81. The van der Waals surface area contributed by atoms with Gasteiger partial charge in [-0.2, -0.15) is 16.3 Å². The van der Waals surface area contributed by atoms with Crippen molar-refractivity contribution < 1.29 is 12.9 Å². The molecule has 0 saturated carbocycles. The lowest BCUT2D eigenvalue weighted by Crippen LogP contribution is -2.31. The summed E-state index contributed by atoms with van der Waals surface area (Å²) >= 11 is 2.74. The first-order valence-corrected chi connectivity index (χ1v) is 10.7. The Hall–Kier alpha value is -2.56. The molecule has 0 spiro atoms. The normalized spacial score (nSPS) is 11.5. The van der Waals surface area contributed by atoms with Gasteiger partial charge in [0.2, 0.25) is 0 Å². The molecule has 0 bridgehead atoms. The van der Waals surface area contributed by atoms with E-state index in [1.807, 2.05) is 16.8 Å². The summed E-state index contributed by atoms with van der Waals surface area (Å²) in [5, 5.41) is 9.77. The summed E-state index contributed by atoms with van der Waals surface area (Å²) in [5.74, 6) is 0.623. The smallest absolute Gasteiger partial charge is 0.266 e. The van der Waals surface area contributed by atoms with E-state index in [-0.39, 0.29) is 17.3 Å². The quantitative estimate of drug-likeness (QED) is 0.487. The van der Waals surface area contributed by atoms with Crippen LogP contribution < -0.4 is 4.31 Å². The Bertz CT molecular complexity index is 1080. The Morgan fingerprint density at radius 2 is 1.96 bits per heavy atom. The maximum atomic E-state index is 13.1. The molecule has 0 saturated heterocycles. The van der Waals surface area contributed by atoms with Crippen LogP contribution in [0, 0.1) is 0 Å². The van der Waals surface area contributed by atoms with E-state index >= 15 is 0 Å². The van der Waals surface area contributed by atoms with E-state index in [4.69, 9.17) is 4.52 Å². The second kappa shape index (κ2) is 6.98. The van der Waals surface area contributed by atoms with Gasteiger partial charge in [0.1, 0.15) is 6.54 Å². The first-order valence-electron chi connectivity index (χ1n) is 7.47. The van der Waals surface area contributed by atoms with Gasteiger partial charge in [-0.05, 0) is 23.6 Å². The summed E-state index contributed by atoms with van der Waals surface area (Å²) in [7, 11) is -3.81. The summed E-state index contributed by atoms with van der Waals surface area (Å²) in [6.07, 6.45) is 1.56. The lowest BCUT2D eigenvalue weighted by molar-refractivity contribution is 0.423. The van der Waals surface area contributed by atoms with E-state index in [0.29, 0.717) is 11.0 Å². The van der Waals surface area contributed by atoms with Gasteiger partial charge in [-0.3, -0.25) is 0 Å². The first kappa shape index (κ1) is 16.9.